The lowest BCUT2D eigenvalue weighted by atomic mass is 9.32. The van der Waals surface area contributed by atoms with Crippen molar-refractivity contribution in [1.82, 2.24) is 5.32 Å². The van der Waals surface area contributed by atoms with E-state index in [-0.39, 0.29) is 39.1 Å². The molecule has 0 radical (unpaired) electrons. The first-order chi connectivity index (χ1) is 21.8. The number of nitrogens with one attached hydrogen (secondary N) is 1. The number of benzene rings is 1. The second kappa shape index (κ2) is 12.8. The zero-order valence-electron chi connectivity index (χ0n) is 30.5. The number of aliphatic hydroxyl groups is 1. The van der Waals surface area contributed by atoms with Gasteiger partial charge < -0.3 is 15.2 Å². The summed E-state index contributed by atoms with van der Waals surface area (Å²) in [5, 5.41) is 15.0. The van der Waals surface area contributed by atoms with E-state index in [2.05, 4.69) is 65.9 Å². The van der Waals surface area contributed by atoms with E-state index in [1.54, 1.807) is 0 Å². The van der Waals surface area contributed by atoms with Gasteiger partial charge in [-0.15, -0.1) is 0 Å². The molecule has 0 aromatic heterocycles. The van der Waals surface area contributed by atoms with Gasteiger partial charge in [-0.3, -0.25) is 4.79 Å². The molecule has 0 heterocycles. The van der Waals surface area contributed by atoms with Crippen LogP contribution in [0.3, 0.4) is 0 Å². The minimum Gasteiger partial charge on any atom is -0.460 e. The van der Waals surface area contributed by atoms with Crippen molar-refractivity contribution in [2.24, 2.45) is 62.6 Å². The number of fused-ring (bicyclic) bond motifs is 7. The van der Waals surface area contributed by atoms with Gasteiger partial charge in [0.25, 0.3) is 0 Å². The van der Waals surface area contributed by atoms with Crippen LogP contribution in [0.2, 0.25) is 0 Å². The maximum absolute atomic E-state index is 14.5. The van der Waals surface area contributed by atoms with Gasteiger partial charge in [0.2, 0.25) is 0 Å². The van der Waals surface area contributed by atoms with Crippen molar-refractivity contribution >= 4 is 5.97 Å². The second-order valence-corrected chi connectivity index (χ2v) is 18.4. The average Bonchev–Trinajstić information content (AvgIpc) is 3.44. The van der Waals surface area contributed by atoms with Gasteiger partial charge in [-0.25, -0.2) is 0 Å². The van der Waals surface area contributed by atoms with E-state index in [0.717, 1.165) is 57.2 Å². The molecule has 1 aromatic rings. The summed E-state index contributed by atoms with van der Waals surface area (Å²) in [5.41, 5.74) is 1.47. The van der Waals surface area contributed by atoms with Gasteiger partial charge in [-0.1, -0.05) is 91.6 Å². The SMILES string of the molecule is CCCCCNCC(C)[C@@H]1CCC2(C(=O)OCc3ccccc3)CC[C@]3(C)C(CCC4[C@@]5(C)CC[C@@H](O)C(C)(C)C5CC[C@]43C)C12. The summed E-state index contributed by atoms with van der Waals surface area (Å²) < 4.78 is 6.31. The standard InChI is InChI=1S/C42H67NO3/c1-8-9-13-26-43-27-29(2)31-18-23-42(37(45)46-28-30-14-11-10-12-15-30)25-24-40(6)32(36(31)42)16-17-34-39(5)21-20-35(44)38(3,4)33(39)19-22-41(34,40)7/h10-12,14-15,29,31-36,43-44H,8-9,13,16-28H2,1-7H3/t29?,31-,32?,33?,34?,35+,36?,39-,40+,41+,42?/m0/s1. The van der Waals surface area contributed by atoms with Crippen LogP contribution in [0, 0.1) is 62.6 Å². The number of hydrogen-bond donors (Lipinski definition) is 2. The lowest BCUT2D eigenvalue weighted by Gasteiger charge is -2.72. The molecule has 4 nitrogen and oxygen atoms in total. The Morgan fingerprint density at radius 1 is 0.891 bits per heavy atom. The van der Waals surface area contributed by atoms with Crippen molar-refractivity contribution < 1.29 is 14.6 Å². The highest BCUT2D eigenvalue weighted by atomic mass is 16.5. The Hall–Kier alpha value is -1.39. The van der Waals surface area contributed by atoms with Crippen LogP contribution < -0.4 is 5.32 Å². The van der Waals surface area contributed by atoms with Crippen LogP contribution in [0.15, 0.2) is 30.3 Å². The Bertz CT molecular complexity index is 1210. The molecule has 1 aromatic carbocycles. The first-order valence-corrected chi connectivity index (χ1v) is 19.4. The summed E-state index contributed by atoms with van der Waals surface area (Å²) in [5.74, 6) is 3.43. The fraction of sp³-hybridized carbons (Fsp3) is 0.833. The summed E-state index contributed by atoms with van der Waals surface area (Å²) in [7, 11) is 0. The van der Waals surface area contributed by atoms with E-state index in [9.17, 15) is 9.90 Å². The summed E-state index contributed by atoms with van der Waals surface area (Å²) in [6.07, 6.45) is 15.0. The predicted molar refractivity (Wildman–Crippen MR) is 188 cm³/mol. The van der Waals surface area contributed by atoms with Crippen LogP contribution in [0.5, 0.6) is 0 Å². The van der Waals surface area contributed by atoms with Gasteiger partial charge in [0.05, 0.1) is 11.5 Å². The summed E-state index contributed by atoms with van der Waals surface area (Å²) >= 11 is 0. The van der Waals surface area contributed by atoms with Gasteiger partial charge in [0.15, 0.2) is 0 Å². The molecule has 6 rings (SSSR count). The van der Waals surface area contributed by atoms with Crippen LogP contribution in [-0.2, 0) is 16.1 Å². The lowest BCUT2D eigenvalue weighted by Crippen LogP contribution is -2.67. The molecule has 5 aliphatic rings. The second-order valence-electron chi connectivity index (χ2n) is 18.4. The van der Waals surface area contributed by atoms with Crippen LogP contribution in [0.1, 0.15) is 138 Å². The largest absolute Gasteiger partial charge is 0.460 e. The molecular formula is C42H67NO3. The molecule has 2 N–H and O–H groups in total. The normalized spacial score (nSPS) is 43.5. The Morgan fingerprint density at radius 3 is 2.39 bits per heavy atom. The van der Waals surface area contributed by atoms with E-state index in [1.165, 1.54) is 44.9 Å². The molecule has 4 heteroatoms. The Kier molecular flexibility index (Phi) is 9.60. The highest BCUT2D eigenvalue weighted by Crippen LogP contribution is 2.77. The molecule has 258 valence electrons. The molecule has 0 aliphatic heterocycles. The third kappa shape index (κ3) is 5.33. The molecule has 5 aliphatic carbocycles. The first-order valence-electron chi connectivity index (χ1n) is 19.4. The van der Waals surface area contributed by atoms with E-state index < -0.39 is 0 Å². The number of rotatable bonds is 10. The monoisotopic (exact) mass is 634 g/mol. The number of esters is 1. The van der Waals surface area contributed by atoms with Gasteiger partial charge in [0.1, 0.15) is 6.61 Å². The topological polar surface area (TPSA) is 58.6 Å². The zero-order chi connectivity index (χ0) is 33.0. The highest BCUT2D eigenvalue weighted by molar-refractivity contribution is 5.78. The number of unbranched alkanes of at least 4 members (excludes halogenated alkanes) is 2. The average molecular weight is 634 g/mol. The van der Waals surface area contributed by atoms with Gasteiger partial charge in [-0.05, 0) is 146 Å². The molecule has 6 unspecified atom stereocenters. The Morgan fingerprint density at radius 2 is 1.65 bits per heavy atom. The van der Waals surface area contributed by atoms with Crippen molar-refractivity contribution in [3.05, 3.63) is 35.9 Å². The van der Waals surface area contributed by atoms with Crippen molar-refractivity contribution in [2.75, 3.05) is 13.1 Å². The molecular weight excluding hydrogens is 566 g/mol. The van der Waals surface area contributed by atoms with Crippen molar-refractivity contribution in [3.8, 4) is 0 Å². The lowest BCUT2D eigenvalue weighted by molar-refractivity contribution is -0.250. The van der Waals surface area contributed by atoms with E-state index >= 15 is 0 Å². The van der Waals surface area contributed by atoms with Crippen LogP contribution in [-0.4, -0.2) is 30.3 Å². The fourth-order valence-corrected chi connectivity index (χ4v) is 13.5. The molecule has 5 saturated carbocycles. The highest BCUT2D eigenvalue weighted by Gasteiger charge is 2.72. The summed E-state index contributed by atoms with van der Waals surface area (Å²) in [6.45, 7) is 20.0. The molecule has 0 amide bonds. The number of hydrogen-bond acceptors (Lipinski definition) is 4. The Labute approximate surface area is 281 Å². The number of carbonyl (C=O) groups is 1. The third-order valence-electron chi connectivity index (χ3n) is 16.2. The summed E-state index contributed by atoms with van der Waals surface area (Å²) in [6, 6.07) is 10.3. The van der Waals surface area contributed by atoms with E-state index in [0.29, 0.717) is 42.1 Å². The first kappa shape index (κ1) is 34.5. The summed E-state index contributed by atoms with van der Waals surface area (Å²) in [4.78, 5) is 14.5. The third-order valence-corrected chi connectivity index (χ3v) is 16.2. The zero-order valence-corrected chi connectivity index (χ0v) is 30.5. The van der Waals surface area contributed by atoms with E-state index in [1.807, 2.05) is 18.2 Å². The van der Waals surface area contributed by atoms with Crippen molar-refractivity contribution in [2.45, 2.75) is 145 Å². The Balaban J connectivity index is 1.30. The predicted octanol–water partition coefficient (Wildman–Crippen LogP) is 9.59. The molecule has 46 heavy (non-hydrogen) atoms. The maximum Gasteiger partial charge on any atom is 0.312 e. The number of carbonyl (C=O) groups excluding carboxylic acids is 1. The minimum absolute atomic E-state index is 0.0214. The van der Waals surface area contributed by atoms with Gasteiger partial charge in [0, 0.05) is 0 Å². The van der Waals surface area contributed by atoms with Crippen LogP contribution in [0.25, 0.3) is 0 Å². The number of aliphatic hydroxyl groups excluding tert-OH is 1. The smallest absolute Gasteiger partial charge is 0.312 e. The number of ether oxygens (including phenoxy) is 1. The van der Waals surface area contributed by atoms with E-state index in [4.69, 9.17) is 4.74 Å². The molecule has 5 fully saturated rings. The van der Waals surface area contributed by atoms with Gasteiger partial charge >= 0.3 is 5.97 Å². The molecule has 0 bridgehead atoms. The van der Waals surface area contributed by atoms with Crippen molar-refractivity contribution in [1.29, 1.82) is 0 Å². The minimum atomic E-state index is -0.346. The van der Waals surface area contributed by atoms with Gasteiger partial charge in [-0.2, -0.15) is 0 Å². The molecule has 11 atom stereocenters. The maximum atomic E-state index is 14.5. The van der Waals surface area contributed by atoms with Crippen LogP contribution >= 0.6 is 0 Å². The van der Waals surface area contributed by atoms with Crippen LogP contribution in [0.4, 0.5) is 0 Å². The quantitative estimate of drug-likeness (QED) is 0.199. The fourth-order valence-electron chi connectivity index (χ4n) is 13.5. The van der Waals surface area contributed by atoms with Crippen molar-refractivity contribution in [3.63, 3.8) is 0 Å². The molecule has 0 saturated heterocycles. The molecule has 0 spiro atoms.